The Bertz CT molecular complexity index is 2840. The molecular weight excluding hydrogens is 881 g/mol. The maximum atomic E-state index is 15.2. The summed E-state index contributed by atoms with van der Waals surface area (Å²) in [5, 5.41) is 8.98. The number of aromatic nitrogens is 5. The van der Waals surface area contributed by atoms with Gasteiger partial charge in [0.05, 0.1) is 85.7 Å². The molecule has 344 valence electrons. The van der Waals surface area contributed by atoms with Gasteiger partial charge in [-0.2, -0.15) is 10.2 Å². The molecule has 0 radical (unpaired) electrons. The van der Waals surface area contributed by atoms with Crippen molar-refractivity contribution in [3.63, 3.8) is 0 Å². The fourth-order valence-corrected chi connectivity index (χ4v) is 9.04. The number of carbonyl (C=O) groups excluding carboxylic acids is 2. The summed E-state index contributed by atoms with van der Waals surface area (Å²) in [5.74, 6) is -0.126. The third-order valence-electron chi connectivity index (χ3n) is 12.7. The van der Waals surface area contributed by atoms with Crippen LogP contribution in [-0.4, -0.2) is 106 Å². The predicted molar refractivity (Wildman–Crippen MR) is 235 cm³/mol. The Labute approximate surface area is 382 Å². The number of pyridine rings is 1. The SMILES string of the molecule is COC(=O)c1cc(F)c2nc(CCl)n(C[C@@H]3CCO3)c2c1.COC(=O)c1cc(F)c2nc(CN3CCN(c4cccc(OCc5ccc(C#N)cc5F)n4)[C@@H]4CC[C@H]43)n(C[C@@H]3CCO3)c2c1. The van der Waals surface area contributed by atoms with Crippen LogP contribution < -0.4 is 9.64 Å². The number of ether oxygens (including phenoxy) is 5. The van der Waals surface area contributed by atoms with E-state index in [1.165, 1.54) is 26.4 Å². The first-order chi connectivity index (χ1) is 32.0. The van der Waals surface area contributed by atoms with Crippen LogP contribution in [-0.2, 0) is 51.1 Å². The number of benzene rings is 3. The van der Waals surface area contributed by atoms with E-state index in [2.05, 4.69) is 19.5 Å². The van der Waals surface area contributed by atoms with Crippen LogP contribution in [0.1, 0.15) is 69.2 Å². The van der Waals surface area contributed by atoms with Crippen LogP contribution in [0.25, 0.3) is 22.1 Å². The standard InChI is InChI=1S/C33H32F2N6O4.C14H14ClFN2O3/c1-43-33(42)22-14-25(35)32-28(15-22)41(17-23-9-12-44-23)30(38-32)18-39-10-11-40(27-8-7-26(27)39)29-3-2-4-31(37-29)45-19-21-6-5-20(16-36)13-24(21)34;1-20-14(19)8-4-10(16)13-11(5-8)18(12(6-15)17-13)7-9-2-3-21-9/h2-6,13-15,23,26-27H,7-12,17-19H2,1H3;4-5,9H,2-3,6-7H2,1H3/t23-,26+,27+;9-/m00/s1. The Kier molecular flexibility index (Phi) is 13.1. The van der Waals surface area contributed by atoms with Gasteiger partial charge in [-0.3, -0.25) is 4.90 Å². The van der Waals surface area contributed by atoms with Crippen LogP contribution in [0.5, 0.6) is 5.88 Å². The van der Waals surface area contributed by atoms with Crippen LogP contribution >= 0.6 is 11.6 Å². The van der Waals surface area contributed by atoms with E-state index in [-0.39, 0.29) is 64.5 Å². The lowest BCUT2D eigenvalue weighted by Gasteiger charge is -2.54. The number of nitriles is 1. The first-order valence-electron chi connectivity index (χ1n) is 21.7. The van der Waals surface area contributed by atoms with Gasteiger partial charge >= 0.3 is 11.9 Å². The number of hydrogen-bond donors (Lipinski definition) is 0. The van der Waals surface area contributed by atoms with E-state index in [0.717, 1.165) is 63.1 Å². The van der Waals surface area contributed by atoms with E-state index in [1.807, 2.05) is 27.3 Å². The highest BCUT2D eigenvalue weighted by molar-refractivity contribution is 6.17. The maximum Gasteiger partial charge on any atom is 0.338 e. The molecule has 1 aliphatic carbocycles. The molecule has 3 aromatic heterocycles. The summed E-state index contributed by atoms with van der Waals surface area (Å²) in [4.78, 5) is 42.2. The van der Waals surface area contributed by atoms with E-state index < -0.39 is 29.4 Å². The quantitative estimate of drug-likeness (QED) is 0.0856. The number of piperazine rings is 1. The van der Waals surface area contributed by atoms with E-state index in [1.54, 1.807) is 30.3 Å². The second kappa shape index (κ2) is 19.3. The monoisotopic (exact) mass is 926 g/mol. The van der Waals surface area contributed by atoms with Crippen LogP contribution in [0.2, 0.25) is 0 Å². The topological polar surface area (TPSA) is 159 Å². The van der Waals surface area contributed by atoms with E-state index in [0.29, 0.717) is 54.5 Å². The number of alkyl halides is 1. The number of esters is 2. The number of fused-ring (bicyclic) bond motifs is 3. The van der Waals surface area contributed by atoms with Crippen molar-refractivity contribution in [1.82, 2.24) is 29.0 Å². The number of hydrogen-bond acceptors (Lipinski definition) is 13. The summed E-state index contributed by atoms with van der Waals surface area (Å²) in [6, 6.07) is 17.9. The number of anilines is 1. The molecule has 0 amide bonds. The lowest BCUT2D eigenvalue weighted by Crippen LogP contribution is -2.64. The van der Waals surface area contributed by atoms with Crippen molar-refractivity contribution in [2.24, 2.45) is 0 Å². The molecule has 4 fully saturated rings. The van der Waals surface area contributed by atoms with Gasteiger partial charge in [-0.25, -0.2) is 32.7 Å². The Hall–Kier alpha value is -6.26. The number of imidazole rings is 2. The molecule has 4 atom stereocenters. The zero-order valence-electron chi connectivity index (χ0n) is 36.2. The van der Waals surface area contributed by atoms with Crippen LogP contribution in [0, 0.1) is 28.8 Å². The number of methoxy groups -OCH3 is 2. The molecule has 15 nitrogen and oxygen atoms in total. The van der Waals surface area contributed by atoms with Crippen molar-refractivity contribution in [3.8, 4) is 11.9 Å². The zero-order valence-corrected chi connectivity index (χ0v) is 37.0. The second-order valence-corrected chi connectivity index (χ2v) is 16.8. The average Bonchev–Trinajstić information content (AvgIpc) is 3.83. The molecule has 4 aliphatic rings. The summed E-state index contributed by atoms with van der Waals surface area (Å²) in [5.41, 5.74) is 2.45. The fraction of sp³-hybridized carbons (Fsp3) is 0.404. The Balaban J connectivity index is 0.000000218. The molecule has 0 unspecified atom stereocenters. The van der Waals surface area contributed by atoms with Crippen molar-refractivity contribution in [2.45, 2.75) is 82.1 Å². The summed E-state index contributed by atoms with van der Waals surface area (Å²) in [7, 11) is 2.54. The fourth-order valence-electron chi connectivity index (χ4n) is 8.84. The van der Waals surface area contributed by atoms with Crippen LogP contribution in [0.15, 0.2) is 60.7 Å². The lowest BCUT2D eigenvalue weighted by molar-refractivity contribution is -0.0594. The van der Waals surface area contributed by atoms with E-state index >= 15 is 4.39 Å². The van der Waals surface area contributed by atoms with Crippen molar-refractivity contribution >= 4 is 51.4 Å². The second-order valence-electron chi connectivity index (χ2n) is 16.5. The minimum absolute atomic E-state index is 0.00242. The third-order valence-corrected chi connectivity index (χ3v) is 12.9. The van der Waals surface area contributed by atoms with Crippen LogP contribution in [0.4, 0.5) is 19.0 Å². The largest absolute Gasteiger partial charge is 0.473 e. The van der Waals surface area contributed by atoms with Gasteiger partial charge in [-0.05, 0) is 68.1 Å². The van der Waals surface area contributed by atoms with Crippen molar-refractivity contribution in [3.05, 3.63) is 112 Å². The van der Waals surface area contributed by atoms with Crippen molar-refractivity contribution in [1.29, 1.82) is 5.26 Å². The molecule has 0 N–H and O–H groups in total. The van der Waals surface area contributed by atoms with Gasteiger partial charge in [0.1, 0.15) is 40.9 Å². The summed E-state index contributed by atoms with van der Waals surface area (Å²) in [6.07, 6.45) is 3.98. The number of nitrogens with zero attached hydrogens (tertiary/aromatic N) is 8. The van der Waals surface area contributed by atoms with Gasteiger partial charge < -0.3 is 37.7 Å². The molecule has 3 aliphatic heterocycles. The molecule has 19 heteroatoms. The number of carbonyl (C=O) groups is 2. The summed E-state index contributed by atoms with van der Waals surface area (Å²) in [6.45, 7) is 4.54. The molecule has 3 saturated heterocycles. The maximum absolute atomic E-state index is 15.2. The highest BCUT2D eigenvalue weighted by Gasteiger charge is 2.44. The minimum atomic E-state index is -0.595. The number of rotatable bonds is 13. The van der Waals surface area contributed by atoms with Crippen LogP contribution in [0.3, 0.4) is 0 Å². The molecule has 1 saturated carbocycles. The lowest BCUT2D eigenvalue weighted by atomic mass is 9.81. The first kappa shape index (κ1) is 44.9. The summed E-state index contributed by atoms with van der Waals surface area (Å²) >= 11 is 5.89. The highest BCUT2D eigenvalue weighted by Crippen LogP contribution is 2.38. The molecule has 66 heavy (non-hydrogen) atoms. The van der Waals surface area contributed by atoms with E-state index in [9.17, 15) is 18.4 Å². The molecule has 10 rings (SSSR count). The normalized spacial score (nSPS) is 20.0. The van der Waals surface area contributed by atoms with Gasteiger partial charge in [0, 0.05) is 50.0 Å². The Morgan fingerprint density at radius 3 is 1.91 bits per heavy atom. The van der Waals surface area contributed by atoms with E-state index in [4.69, 9.17) is 45.8 Å². The van der Waals surface area contributed by atoms with Gasteiger partial charge in [-0.1, -0.05) is 12.1 Å². The number of halogens is 4. The Morgan fingerprint density at radius 2 is 1.38 bits per heavy atom. The molecule has 6 heterocycles. The molecule has 6 aromatic rings. The average molecular weight is 927 g/mol. The molecule has 0 bridgehead atoms. The van der Waals surface area contributed by atoms with Gasteiger partial charge in [-0.15, -0.1) is 11.6 Å². The van der Waals surface area contributed by atoms with Gasteiger partial charge in [0.2, 0.25) is 5.88 Å². The predicted octanol–water partition coefficient (Wildman–Crippen LogP) is 7.08. The zero-order chi connectivity index (χ0) is 46.1. The smallest absolute Gasteiger partial charge is 0.338 e. The molecular formula is C47H46ClF3N8O7. The molecule has 3 aromatic carbocycles. The van der Waals surface area contributed by atoms with Crippen molar-refractivity contribution < 1.29 is 46.4 Å². The van der Waals surface area contributed by atoms with Gasteiger partial charge in [0.25, 0.3) is 0 Å². The summed E-state index contributed by atoms with van der Waals surface area (Å²) < 4.78 is 73.9. The molecule has 0 spiro atoms. The Morgan fingerprint density at radius 1 is 0.773 bits per heavy atom. The third kappa shape index (κ3) is 9.00. The minimum Gasteiger partial charge on any atom is -0.473 e. The highest BCUT2D eigenvalue weighted by atomic mass is 35.5. The van der Waals surface area contributed by atoms with Gasteiger partial charge in [0.15, 0.2) is 11.6 Å². The first-order valence-corrected chi connectivity index (χ1v) is 22.2. The van der Waals surface area contributed by atoms with Crippen molar-refractivity contribution in [2.75, 3.05) is 45.4 Å².